The van der Waals surface area contributed by atoms with Gasteiger partial charge < -0.3 is 0 Å². The number of carbonyl (C=O) groups excluding carboxylic acids is 3. The fourth-order valence-corrected chi connectivity index (χ4v) is 7.83. The molecule has 0 spiro atoms. The van der Waals surface area contributed by atoms with Crippen molar-refractivity contribution in [1.29, 1.82) is 0 Å². The van der Waals surface area contributed by atoms with Gasteiger partial charge in [-0.05, 0) is 0 Å². The van der Waals surface area contributed by atoms with Crippen LogP contribution in [0.2, 0.25) is 0 Å². The number of aromatic hydroxyl groups is 2. The Bertz CT molecular complexity index is 1410. The summed E-state index contributed by atoms with van der Waals surface area (Å²) in [6.45, 7) is 1.28. The Labute approximate surface area is 207 Å². The molecule has 0 amide bonds. The Morgan fingerprint density at radius 2 is 1.66 bits per heavy atom. The molecule has 0 heterocycles. The molecular weight excluding hydrogens is 515 g/mol. The Balaban J connectivity index is 1.77. The van der Waals surface area contributed by atoms with E-state index in [9.17, 15) is 29.7 Å². The number of benzene rings is 3. The van der Waals surface area contributed by atoms with Crippen molar-refractivity contribution in [3.63, 3.8) is 0 Å². The Kier molecular flexibility index (Phi) is 5.55. The first-order valence-corrected chi connectivity index (χ1v) is 12.8. The van der Waals surface area contributed by atoms with Crippen molar-refractivity contribution < 1.29 is 34.4 Å². The molecule has 7 nitrogen and oxygen atoms in total. The van der Waals surface area contributed by atoms with Crippen LogP contribution in [0.1, 0.15) is 61.1 Å². The van der Waals surface area contributed by atoms with Gasteiger partial charge in [0, 0.05) is 0 Å². The molecule has 0 radical (unpaired) electrons. The Morgan fingerprint density at radius 3 is 2.31 bits per heavy atom. The summed E-state index contributed by atoms with van der Waals surface area (Å²) in [6.07, 6.45) is -0.240. The molecule has 35 heavy (non-hydrogen) atoms. The number of hydrogen-bond acceptors (Lipinski definition) is 7. The second-order valence-electron chi connectivity index (χ2n) is 8.77. The van der Waals surface area contributed by atoms with Crippen LogP contribution >= 0.6 is 0 Å². The zero-order valence-corrected chi connectivity index (χ0v) is 20.7. The first-order chi connectivity index (χ1) is 16.7. The quantitative estimate of drug-likeness (QED) is 0.270. The van der Waals surface area contributed by atoms with Gasteiger partial charge in [-0.3, -0.25) is 0 Å². The summed E-state index contributed by atoms with van der Waals surface area (Å²) in [7, 11) is 1.38. The van der Waals surface area contributed by atoms with Gasteiger partial charge in [0.2, 0.25) is 0 Å². The van der Waals surface area contributed by atoms with E-state index in [1.165, 1.54) is 20.1 Å². The van der Waals surface area contributed by atoms with Crippen molar-refractivity contribution in [2.75, 3.05) is 7.11 Å². The van der Waals surface area contributed by atoms with Gasteiger partial charge in [0.1, 0.15) is 0 Å². The first kappa shape index (κ1) is 23.3. The van der Waals surface area contributed by atoms with Crippen LogP contribution in [0.4, 0.5) is 0 Å². The van der Waals surface area contributed by atoms with Crippen LogP contribution in [0, 0.1) is 0 Å². The van der Waals surface area contributed by atoms with Crippen molar-refractivity contribution >= 4 is 36.8 Å². The van der Waals surface area contributed by atoms with Crippen molar-refractivity contribution in [2.24, 2.45) is 0 Å². The number of carbonyl (C=O) groups is 3. The molecule has 0 aliphatic heterocycles. The maximum atomic E-state index is 13.6. The number of hydrogen-bond donors (Lipinski definition) is 3. The number of phenols is 2. The molecule has 3 aromatic carbocycles. The molecule has 2 atom stereocenters. The second-order valence-corrected chi connectivity index (χ2v) is 11.4. The van der Waals surface area contributed by atoms with Gasteiger partial charge in [-0.2, -0.15) is 0 Å². The van der Waals surface area contributed by atoms with E-state index < -0.39 is 39.3 Å². The predicted octanol–water partition coefficient (Wildman–Crippen LogP) is 2.22. The van der Waals surface area contributed by atoms with E-state index in [0.717, 1.165) is 4.46 Å². The summed E-state index contributed by atoms with van der Waals surface area (Å²) < 4.78 is 6.25. The summed E-state index contributed by atoms with van der Waals surface area (Å²) in [5.41, 5.74) is -1.84. The molecule has 0 unspecified atom stereocenters. The molecule has 0 saturated heterocycles. The zero-order chi connectivity index (χ0) is 25.1. The number of fused-ring (bicyclic) bond motifs is 3. The summed E-state index contributed by atoms with van der Waals surface area (Å²) in [5, 5.41) is 34.0. The number of methoxy groups -OCH3 is 1. The third kappa shape index (κ3) is 3.48. The van der Waals surface area contributed by atoms with Gasteiger partial charge in [-0.1, -0.05) is 0 Å². The fraction of sp³-hybridized carbons (Fsp3) is 0.222. The second kappa shape index (κ2) is 8.34. The monoisotopic (exact) mass is 538 g/mol. The standard InChI is InChI=1S/C27H22O7Se/c1-13(28)27(33)11-16-20(18(12-27)35-14-7-4-3-5-8-14)26(32)22-21(24(16)30)23(29)15-9-6-10-17(34-2)19(15)25(22)31/h3-10,18,30,32-33H,11-12H2,1-2H3/t18-,27-/m0/s1. The summed E-state index contributed by atoms with van der Waals surface area (Å²) >= 11 is -0.366. The van der Waals surface area contributed by atoms with Gasteiger partial charge in [0.25, 0.3) is 0 Å². The van der Waals surface area contributed by atoms with E-state index in [4.69, 9.17) is 4.74 Å². The number of ketones is 3. The number of rotatable bonds is 4. The van der Waals surface area contributed by atoms with Crippen LogP contribution in [-0.2, 0) is 11.2 Å². The molecule has 8 heteroatoms. The van der Waals surface area contributed by atoms with Gasteiger partial charge in [-0.15, -0.1) is 0 Å². The van der Waals surface area contributed by atoms with Crippen LogP contribution in [0.25, 0.3) is 0 Å². The van der Waals surface area contributed by atoms with Gasteiger partial charge in [0.05, 0.1) is 0 Å². The van der Waals surface area contributed by atoms with Crippen molar-refractivity contribution in [3.8, 4) is 17.2 Å². The molecule has 3 aromatic rings. The SMILES string of the molecule is COc1cccc2c1C(=O)c1c(O)c3c(c(O)c1C2=O)C[C@@](O)(C(C)=O)C[C@@H]3[Se]c1ccccc1. The molecule has 3 N–H and O–H groups in total. The van der Waals surface area contributed by atoms with Gasteiger partial charge in [-0.25, -0.2) is 0 Å². The number of Topliss-reactive ketones (excluding diaryl/α,β-unsaturated/α-hetero) is 1. The Morgan fingerprint density at radius 1 is 0.971 bits per heavy atom. The minimum absolute atomic E-state index is 0.0259. The van der Waals surface area contributed by atoms with E-state index >= 15 is 0 Å². The third-order valence-electron chi connectivity index (χ3n) is 6.75. The fourth-order valence-electron chi connectivity index (χ4n) is 4.95. The molecule has 0 saturated carbocycles. The van der Waals surface area contributed by atoms with Gasteiger partial charge in [0.15, 0.2) is 0 Å². The van der Waals surface area contributed by atoms with E-state index in [2.05, 4.69) is 0 Å². The molecule has 5 rings (SSSR count). The van der Waals surface area contributed by atoms with E-state index in [-0.39, 0.29) is 61.4 Å². The Hall–Kier alpha value is -3.45. The molecular formula is C27H22O7Se. The predicted molar refractivity (Wildman–Crippen MR) is 128 cm³/mol. The zero-order valence-electron chi connectivity index (χ0n) is 19.0. The number of ether oxygens (including phenoxy) is 1. The molecule has 0 bridgehead atoms. The number of phenolic OH excluding ortho intramolecular Hbond substituents is 2. The van der Waals surface area contributed by atoms with E-state index in [1.807, 2.05) is 30.3 Å². The van der Waals surface area contributed by atoms with Crippen LogP contribution in [0.5, 0.6) is 17.2 Å². The molecule has 2 aliphatic rings. The van der Waals surface area contributed by atoms with Gasteiger partial charge >= 0.3 is 208 Å². The summed E-state index contributed by atoms with van der Waals surface area (Å²) in [4.78, 5) is 38.9. The summed E-state index contributed by atoms with van der Waals surface area (Å²) in [6, 6.07) is 14.0. The van der Waals surface area contributed by atoms with Crippen molar-refractivity contribution in [3.05, 3.63) is 81.9 Å². The maximum absolute atomic E-state index is 13.6. The van der Waals surface area contributed by atoms with Crippen LogP contribution in [0.3, 0.4) is 0 Å². The third-order valence-corrected chi connectivity index (χ3v) is 9.34. The first-order valence-electron chi connectivity index (χ1n) is 11.0. The minimum atomic E-state index is -1.77. The number of aliphatic hydroxyl groups is 1. The molecule has 2 aliphatic carbocycles. The molecule has 0 aromatic heterocycles. The normalized spacial score (nSPS) is 20.6. The van der Waals surface area contributed by atoms with E-state index in [0.29, 0.717) is 5.56 Å². The topological polar surface area (TPSA) is 121 Å². The average molecular weight is 537 g/mol. The van der Waals surface area contributed by atoms with Crippen molar-refractivity contribution in [2.45, 2.75) is 30.2 Å². The van der Waals surface area contributed by atoms with Crippen LogP contribution in [0.15, 0.2) is 48.5 Å². The van der Waals surface area contributed by atoms with Crippen LogP contribution < -0.4 is 9.20 Å². The van der Waals surface area contributed by atoms with Crippen LogP contribution in [-0.4, -0.2) is 60.3 Å². The summed E-state index contributed by atoms with van der Waals surface area (Å²) in [5.74, 6) is -2.40. The molecule has 178 valence electrons. The average Bonchev–Trinajstić information content (AvgIpc) is 2.84. The van der Waals surface area contributed by atoms with E-state index in [1.54, 1.807) is 12.1 Å². The molecule has 0 fully saturated rings. The van der Waals surface area contributed by atoms with Crippen molar-refractivity contribution in [1.82, 2.24) is 0 Å².